The van der Waals surface area contributed by atoms with Gasteiger partial charge in [-0.2, -0.15) is 0 Å². The Morgan fingerprint density at radius 2 is 2.33 bits per heavy atom. The third-order valence-electron chi connectivity index (χ3n) is 4.16. The van der Waals surface area contributed by atoms with Crippen molar-refractivity contribution in [3.63, 3.8) is 0 Å². The highest BCUT2D eigenvalue weighted by atomic mass is 16.5. The van der Waals surface area contributed by atoms with Crippen LogP contribution in [0.15, 0.2) is 36.7 Å². The zero-order valence-corrected chi connectivity index (χ0v) is 14.1. The van der Waals surface area contributed by atoms with Gasteiger partial charge in [0.1, 0.15) is 0 Å². The number of likely N-dealkylation sites (N-methyl/N-ethyl adjacent to an activating group) is 2. The van der Waals surface area contributed by atoms with Crippen molar-refractivity contribution >= 4 is 5.91 Å². The molecule has 1 aliphatic heterocycles. The zero-order valence-electron chi connectivity index (χ0n) is 14.1. The number of ether oxygens (including phenoxy) is 1. The second kappa shape index (κ2) is 7.55. The van der Waals surface area contributed by atoms with Crippen LogP contribution in [-0.4, -0.2) is 77.1 Å². The quantitative estimate of drug-likeness (QED) is 0.809. The van der Waals surface area contributed by atoms with Crippen LogP contribution in [0.4, 0.5) is 0 Å². The van der Waals surface area contributed by atoms with Gasteiger partial charge in [-0.1, -0.05) is 17.3 Å². The summed E-state index contributed by atoms with van der Waals surface area (Å²) in [5, 5.41) is 7.75. The molecule has 1 amide bonds. The Kier molecular flexibility index (Phi) is 5.22. The van der Waals surface area contributed by atoms with Crippen LogP contribution in [0.3, 0.4) is 0 Å². The third kappa shape index (κ3) is 4.18. The van der Waals surface area contributed by atoms with Gasteiger partial charge in [0, 0.05) is 38.4 Å². The van der Waals surface area contributed by atoms with Gasteiger partial charge in [-0.15, -0.1) is 5.10 Å². The molecule has 1 aromatic carbocycles. The molecule has 7 heteroatoms. The highest BCUT2D eigenvalue weighted by Gasteiger charge is 2.22. The summed E-state index contributed by atoms with van der Waals surface area (Å²) in [5.41, 5.74) is 1.70. The van der Waals surface area contributed by atoms with E-state index >= 15 is 0 Å². The molecule has 1 saturated heterocycles. The number of nitrogens with zero attached hydrogens (tertiary/aromatic N) is 5. The van der Waals surface area contributed by atoms with E-state index < -0.39 is 0 Å². The van der Waals surface area contributed by atoms with Gasteiger partial charge in [0.25, 0.3) is 5.91 Å². The molecular formula is C17H23N5O2. The normalized spacial score (nSPS) is 18.5. The highest BCUT2D eigenvalue weighted by molar-refractivity contribution is 5.94. The Labute approximate surface area is 141 Å². The summed E-state index contributed by atoms with van der Waals surface area (Å²) in [4.78, 5) is 16.6. The average Bonchev–Trinajstić information content (AvgIpc) is 3.07. The van der Waals surface area contributed by atoms with Gasteiger partial charge in [0.2, 0.25) is 0 Å². The van der Waals surface area contributed by atoms with Crippen LogP contribution >= 0.6 is 0 Å². The lowest BCUT2D eigenvalue weighted by Gasteiger charge is -2.32. The van der Waals surface area contributed by atoms with Crippen molar-refractivity contribution in [3.8, 4) is 0 Å². The Bertz CT molecular complexity index is 673. The summed E-state index contributed by atoms with van der Waals surface area (Å²) in [6.45, 7) is 3.71. The summed E-state index contributed by atoms with van der Waals surface area (Å²) >= 11 is 0. The number of benzene rings is 1. The van der Waals surface area contributed by atoms with Crippen molar-refractivity contribution in [2.24, 2.45) is 0 Å². The molecule has 2 heterocycles. The van der Waals surface area contributed by atoms with Crippen LogP contribution in [0, 0.1) is 0 Å². The molecule has 7 nitrogen and oxygen atoms in total. The van der Waals surface area contributed by atoms with Crippen molar-refractivity contribution in [2.45, 2.75) is 12.6 Å². The lowest BCUT2D eigenvalue weighted by atomic mass is 10.1. The maximum absolute atomic E-state index is 12.7. The van der Waals surface area contributed by atoms with E-state index in [2.05, 4.69) is 22.3 Å². The number of morpholine rings is 1. The first kappa shape index (κ1) is 16.6. The van der Waals surface area contributed by atoms with Gasteiger partial charge in [0.15, 0.2) is 0 Å². The molecule has 1 atom stereocenters. The first-order valence-corrected chi connectivity index (χ1v) is 8.10. The van der Waals surface area contributed by atoms with E-state index in [0.29, 0.717) is 18.7 Å². The van der Waals surface area contributed by atoms with Crippen LogP contribution in [0.25, 0.3) is 0 Å². The first-order chi connectivity index (χ1) is 11.6. The van der Waals surface area contributed by atoms with Gasteiger partial charge >= 0.3 is 0 Å². The van der Waals surface area contributed by atoms with Crippen LogP contribution in [0.2, 0.25) is 0 Å². The molecule has 0 saturated carbocycles. The zero-order chi connectivity index (χ0) is 16.9. The Balaban J connectivity index is 1.63. The van der Waals surface area contributed by atoms with Crippen molar-refractivity contribution in [3.05, 3.63) is 47.8 Å². The van der Waals surface area contributed by atoms with Gasteiger partial charge in [0.05, 0.1) is 25.5 Å². The molecule has 128 valence electrons. The van der Waals surface area contributed by atoms with E-state index in [9.17, 15) is 4.79 Å². The Hall–Kier alpha value is -2.25. The van der Waals surface area contributed by atoms with Crippen LogP contribution in [0.1, 0.15) is 15.9 Å². The van der Waals surface area contributed by atoms with Gasteiger partial charge in [-0.05, 0) is 24.7 Å². The predicted molar refractivity (Wildman–Crippen MR) is 89.8 cm³/mol. The maximum Gasteiger partial charge on any atom is 0.253 e. The number of aromatic nitrogens is 3. The summed E-state index contributed by atoms with van der Waals surface area (Å²) in [6, 6.07) is 7.64. The van der Waals surface area contributed by atoms with Gasteiger partial charge in [-0.25, -0.2) is 4.68 Å². The molecular weight excluding hydrogens is 306 g/mol. The monoisotopic (exact) mass is 329 g/mol. The smallest absolute Gasteiger partial charge is 0.253 e. The summed E-state index contributed by atoms with van der Waals surface area (Å²) in [7, 11) is 3.90. The fourth-order valence-electron chi connectivity index (χ4n) is 2.89. The van der Waals surface area contributed by atoms with Gasteiger partial charge < -0.3 is 14.5 Å². The lowest BCUT2D eigenvalue weighted by molar-refractivity contribution is -0.0301. The minimum atomic E-state index is 0.00673. The molecule has 1 unspecified atom stereocenters. The van der Waals surface area contributed by atoms with E-state index in [1.165, 1.54) is 0 Å². The van der Waals surface area contributed by atoms with Crippen LogP contribution in [0.5, 0.6) is 0 Å². The summed E-state index contributed by atoms with van der Waals surface area (Å²) < 4.78 is 7.48. The van der Waals surface area contributed by atoms with Crippen molar-refractivity contribution in [2.75, 3.05) is 40.3 Å². The molecule has 1 aliphatic rings. The molecule has 1 fully saturated rings. The molecule has 0 aliphatic carbocycles. The lowest BCUT2D eigenvalue weighted by Crippen LogP contribution is -2.46. The van der Waals surface area contributed by atoms with E-state index in [1.807, 2.05) is 31.3 Å². The first-order valence-electron chi connectivity index (χ1n) is 8.10. The fourth-order valence-corrected chi connectivity index (χ4v) is 2.89. The Morgan fingerprint density at radius 1 is 1.46 bits per heavy atom. The van der Waals surface area contributed by atoms with Crippen LogP contribution < -0.4 is 0 Å². The average molecular weight is 329 g/mol. The van der Waals surface area contributed by atoms with Crippen molar-refractivity contribution in [1.82, 2.24) is 24.8 Å². The fraction of sp³-hybridized carbons (Fsp3) is 0.471. The summed E-state index contributed by atoms with van der Waals surface area (Å²) in [5.74, 6) is 0.00673. The minimum Gasteiger partial charge on any atom is -0.374 e. The largest absolute Gasteiger partial charge is 0.374 e. The summed E-state index contributed by atoms with van der Waals surface area (Å²) in [6.07, 6.45) is 3.51. The van der Waals surface area contributed by atoms with Crippen molar-refractivity contribution < 1.29 is 9.53 Å². The SMILES string of the molecule is CN1CCOC(CN(C)C(=O)c2cccc(Cn3ccnn3)c2)C1. The number of carbonyl (C=O) groups is 1. The molecule has 1 aromatic heterocycles. The second-order valence-electron chi connectivity index (χ2n) is 6.24. The second-order valence-corrected chi connectivity index (χ2v) is 6.24. The Morgan fingerprint density at radius 3 is 3.08 bits per heavy atom. The van der Waals surface area contributed by atoms with E-state index in [4.69, 9.17) is 4.74 Å². The van der Waals surface area contributed by atoms with E-state index in [1.54, 1.807) is 22.0 Å². The number of hydrogen-bond donors (Lipinski definition) is 0. The third-order valence-corrected chi connectivity index (χ3v) is 4.16. The van der Waals surface area contributed by atoms with E-state index in [-0.39, 0.29) is 12.0 Å². The topological polar surface area (TPSA) is 63.5 Å². The van der Waals surface area contributed by atoms with E-state index in [0.717, 1.165) is 25.3 Å². The molecule has 0 N–H and O–H groups in total. The molecule has 2 aromatic rings. The standard InChI is InChI=1S/C17H23N5O2/c1-20-8-9-24-16(12-20)13-21(2)17(23)15-5-3-4-14(10-15)11-22-7-6-18-19-22/h3-7,10,16H,8-9,11-13H2,1-2H3. The van der Waals surface area contributed by atoms with Crippen molar-refractivity contribution in [1.29, 1.82) is 0 Å². The molecule has 0 radical (unpaired) electrons. The highest BCUT2D eigenvalue weighted by Crippen LogP contribution is 2.11. The molecule has 3 rings (SSSR count). The van der Waals surface area contributed by atoms with Gasteiger partial charge in [-0.3, -0.25) is 4.79 Å². The minimum absolute atomic E-state index is 0.00673. The number of rotatable bonds is 5. The number of hydrogen-bond acceptors (Lipinski definition) is 5. The molecule has 0 spiro atoms. The number of amides is 1. The predicted octanol–water partition coefficient (Wildman–Crippen LogP) is 0.729. The molecule has 0 bridgehead atoms. The number of carbonyl (C=O) groups excluding carboxylic acids is 1. The maximum atomic E-state index is 12.7. The molecule has 24 heavy (non-hydrogen) atoms. The van der Waals surface area contributed by atoms with Crippen LogP contribution in [-0.2, 0) is 11.3 Å².